The van der Waals surface area contributed by atoms with Crippen molar-refractivity contribution < 1.29 is 18.7 Å². The van der Waals surface area contributed by atoms with Crippen LogP contribution in [0.25, 0.3) is 5.57 Å². The monoisotopic (exact) mass is 406 g/mol. The molecule has 0 bridgehead atoms. The van der Waals surface area contributed by atoms with Gasteiger partial charge in [0.2, 0.25) is 0 Å². The maximum absolute atomic E-state index is 14.6. The molecule has 1 aliphatic rings. The van der Waals surface area contributed by atoms with Crippen LogP contribution in [0, 0.1) is 11.6 Å². The Morgan fingerprint density at radius 3 is 2.43 bits per heavy atom. The van der Waals surface area contributed by atoms with Crippen molar-refractivity contribution in [3.05, 3.63) is 107 Å². The Labute approximate surface area is 173 Å². The number of phenolic OH excluding ortho intramolecular Hbond substituents is 1. The van der Waals surface area contributed by atoms with E-state index in [4.69, 9.17) is 0 Å². The van der Waals surface area contributed by atoms with Gasteiger partial charge in [0.1, 0.15) is 22.9 Å². The summed E-state index contributed by atoms with van der Waals surface area (Å²) < 4.78 is 28.5. The molecule has 0 aliphatic carbocycles. The predicted molar refractivity (Wildman–Crippen MR) is 111 cm³/mol. The van der Waals surface area contributed by atoms with Crippen molar-refractivity contribution in [2.75, 3.05) is 13.6 Å². The third-order valence-corrected chi connectivity index (χ3v) is 5.37. The molecule has 0 saturated carbocycles. The quantitative estimate of drug-likeness (QED) is 0.665. The molecular formula is C24H20F2N2O2. The van der Waals surface area contributed by atoms with Crippen LogP contribution in [-0.2, 0) is 5.54 Å². The summed E-state index contributed by atoms with van der Waals surface area (Å²) in [6, 6.07) is 18.7. The molecule has 1 atom stereocenters. The number of urea groups is 1. The summed E-state index contributed by atoms with van der Waals surface area (Å²) in [6.07, 6.45) is 1.77. The Bertz CT molecular complexity index is 1130. The lowest BCUT2D eigenvalue weighted by Gasteiger charge is -2.38. The van der Waals surface area contributed by atoms with Crippen LogP contribution in [0.3, 0.4) is 0 Å². The molecule has 4 rings (SSSR count). The Kier molecular flexibility index (Phi) is 4.99. The molecule has 3 aromatic rings. The molecule has 30 heavy (non-hydrogen) atoms. The molecule has 0 saturated heterocycles. The zero-order chi connectivity index (χ0) is 21.3. The lowest BCUT2D eigenvalue weighted by molar-refractivity contribution is 0.178. The summed E-state index contributed by atoms with van der Waals surface area (Å²) >= 11 is 0. The van der Waals surface area contributed by atoms with Crippen molar-refractivity contribution in [2.45, 2.75) is 5.54 Å². The fraction of sp³-hybridized carbons (Fsp3) is 0.125. The van der Waals surface area contributed by atoms with Gasteiger partial charge in [-0.3, -0.25) is 0 Å². The zero-order valence-electron chi connectivity index (χ0n) is 16.3. The van der Waals surface area contributed by atoms with Crippen LogP contribution >= 0.6 is 0 Å². The van der Waals surface area contributed by atoms with Gasteiger partial charge < -0.3 is 15.3 Å². The summed E-state index contributed by atoms with van der Waals surface area (Å²) in [7, 11) is 1.52. The number of benzene rings is 3. The number of hydrogen-bond donors (Lipinski definition) is 2. The van der Waals surface area contributed by atoms with Crippen LogP contribution in [0.1, 0.15) is 16.7 Å². The summed E-state index contributed by atoms with van der Waals surface area (Å²) in [5.41, 5.74) is 0.841. The third kappa shape index (κ3) is 3.20. The van der Waals surface area contributed by atoms with Gasteiger partial charge in [0, 0.05) is 19.2 Å². The highest BCUT2D eigenvalue weighted by Crippen LogP contribution is 2.46. The molecule has 3 aromatic carbocycles. The molecule has 2 amide bonds. The smallest absolute Gasteiger partial charge is 0.318 e. The average molecular weight is 406 g/mol. The van der Waals surface area contributed by atoms with E-state index >= 15 is 0 Å². The first-order chi connectivity index (χ1) is 14.5. The summed E-state index contributed by atoms with van der Waals surface area (Å²) in [5.74, 6) is -1.09. The number of phenols is 1. The Balaban J connectivity index is 2.02. The average Bonchev–Trinajstić information content (AvgIpc) is 3.17. The van der Waals surface area contributed by atoms with E-state index in [2.05, 4.69) is 5.32 Å². The van der Waals surface area contributed by atoms with Gasteiger partial charge in [-0.05, 0) is 53.1 Å². The van der Waals surface area contributed by atoms with E-state index in [-0.39, 0.29) is 23.9 Å². The normalized spacial score (nSPS) is 18.2. The number of nitrogens with zero attached hydrogens (tertiary/aromatic N) is 1. The van der Waals surface area contributed by atoms with Gasteiger partial charge in [-0.2, -0.15) is 0 Å². The molecule has 0 spiro atoms. The van der Waals surface area contributed by atoms with E-state index in [9.17, 15) is 18.7 Å². The largest absolute Gasteiger partial charge is 0.508 e. The number of nitrogens with one attached hydrogen (secondary N) is 1. The summed E-state index contributed by atoms with van der Waals surface area (Å²) in [6.45, 7) is 0.0601. The maximum Gasteiger partial charge on any atom is 0.318 e. The fourth-order valence-corrected chi connectivity index (χ4v) is 4.02. The molecule has 2 N–H and O–H groups in total. The molecule has 0 fully saturated rings. The number of aromatic hydroxyl groups is 1. The van der Waals surface area contributed by atoms with E-state index in [0.29, 0.717) is 11.1 Å². The second-order valence-electron chi connectivity index (χ2n) is 7.12. The van der Waals surface area contributed by atoms with Gasteiger partial charge in [-0.1, -0.05) is 42.5 Å². The lowest BCUT2D eigenvalue weighted by Crippen LogP contribution is -2.49. The van der Waals surface area contributed by atoms with Gasteiger partial charge in [-0.15, -0.1) is 0 Å². The summed E-state index contributed by atoms with van der Waals surface area (Å²) in [5, 5.41) is 12.8. The number of halogens is 2. The molecule has 0 unspecified atom stereocenters. The van der Waals surface area contributed by atoms with Crippen molar-refractivity contribution in [3.63, 3.8) is 0 Å². The molecule has 4 nitrogen and oxygen atoms in total. The minimum atomic E-state index is -1.12. The van der Waals surface area contributed by atoms with E-state index in [0.717, 1.165) is 23.8 Å². The molecule has 1 heterocycles. The first kappa shape index (κ1) is 19.6. The minimum Gasteiger partial charge on any atom is -0.508 e. The van der Waals surface area contributed by atoms with Gasteiger partial charge >= 0.3 is 6.03 Å². The SMILES string of the molecule is CNC(=O)N1CC(c2cc(F)ccc2F)=C[C@]1(c1ccccc1)c1cccc(O)c1. The van der Waals surface area contributed by atoms with Crippen LogP contribution in [-0.4, -0.2) is 29.6 Å². The summed E-state index contributed by atoms with van der Waals surface area (Å²) in [4.78, 5) is 14.5. The van der Waals surface area contributed by atoms with Crippen LogP contribution in [0.2, 0.25) is 0 Å². The van der Waals surface area contributed by atoms with E-state index in [1.54, 1.807) is 29.2 Å². The number of carbonyl (C=O) groups excluding carboxylic acids is 1. The highest BCUT2D eigenvalue weighted by Gasteiger charge is 2.46. The standard InChI is InChI=1S/C24H20F2N2O2/c1-27-23(30)28-15-16(21-13-19(25)10-11-22(21)26)14-24(28,17-6-3-2-4-7-17)18-8-5-9-20(29)12-18/h2-14,29H,15H2,1H3,(H,27,30)/t24-/m0/s1. The van der Waals surface area contributed by atoms with Gasteiger partial charge in [0.15, 0.2) is 0 Å². The van der Waals surface area contributed by atoms with Gasteiger partial charge in [-0.25, -0.2) is 13.6 Å². The van der Waals surface area contributed by atoms with Crippen LogP contribution in [0.4, 0.5) is 13.6 Å². The molecule has 0 radical (unpaired) electrons. The van der Waals surface area contributed by atoms with Gasteiger partial charge in [0.25, 0.3) is 0 Å². The van der Waals surface area contributed by atoms with Crippen LogP contribution < -0.4 is 5.32 Å². The number of carbonyl (C=O) groups is 1. The van der Waals surface area contributed by atoms with Crippen molar-refractivity contribution >= 4 is 11.6 Å². The second kappa shape index (κ2) is 7.63. The first-order valence-corrected chi connectivity index (χ1v) is 9.47. The van der Waals surface area contributed by atoms with E-state index in [1.807, 2.05) is 30.3 Å². The highest BCUT2D eigenvalue weighted by atomic mass is 19.1. The van der Waals surface area contributed by atoms with Crippen molar-refractivity contribution in [1.82, 2.24) is 10.2 Å². The molecule has 152 valence electrons. The van der Waals surface area contributed by atoms with Gasteiger partial charge in [0.05, 0.1) is 0 Å². The number of amides is 2. The zero-order valence-corrected chi connectivity index (χ0v) is 16.3. The maximum atomic E-state index is 14.6. The molecule has 0 aromatic heterocycles. The molecular weight excluding hydrogens is 386 g/mol. The van der Waals surface area contributed by atoms with Crippen LogP contribution in [0.15, 0.2) is 78.9 Å². The van der Waals surface area contributed by atoms with Crippen molar-refractivity contribution in [1.29, 1.82) is 0 Å². The Morgan fingerprint density at radius 2 is 1.73 bits per heavy atom. The second-order valence-corrected chi connectivity index (χ2v) is 7.12. The topological polar surface area (TPSA) is 52.6 Å². The Morgan fingerprint density at radius 1 is 1.00 bits per heavy atom. The van der Waals surface area contributed by atoms with E-state index < -0.39 is 17.2 Å². The molecule has 6 heteroatoms. The number of rotatable bonds is 3. The lowest BCUT2D eigenvalue weighted by atomic mass is 9.81. The Hall–Kier alpha value is -3.67. The highest BCUT2D eigenvalue weighted by molar-refractivity contribution is 5.84. The number of hydrogen-bond acceptors (Lipinski definition) is 2. The van der Waals surface area contributed by atoms with Crippen molar-refractivity contribution in [3.8, 4) is 5.75 Å². The van der Waals surface area contributed by atoms with Crippen molar-refractivity contribution in [2.24, 2.45) is 0 Å². The fourth-order valence-electron chi connectivity index (χ4n) is 4.02. The minimum absolute atomic E-state index is 0.0402. The van der Waals surface area contributed by atoms with Crippen LogP contribution in [0.5, 0.6) is 5.75 Å². The molecule has 1 aliphatic heterocycles. The first-order valence-electron chi connectivity index (χ1n) is 9.47. The van der Waals surface area contributed by atoms with E-state index in [1.165, 1.54) is 13.1 Å². The third-order valence-electron chi connectivity index (χ3n) is 5.37. The predicted octanol–water partition coefficient (Wildman–Crippen LogP) is 4.65.